The highest BCUT2D eigenvalue weighted by atomic mass is 15.2. The molecule has 0 unspecified atom stereocenters. The van der Waals surface area contributed by atoms with E-state index in [-0.39, 0.29) is 0 Å². The van der Waals surface area contributed by atoms with Crippen molar-refractivity contribution in [2.45, 2.75) is 6.54 Å². The molecule has 0 saturated carbocycles. The normalized spacial score (nSPS) is 10.7. The van der Waals surface area contributed by atoms with Crippen molar-refractivity contribution in [3.63, 3.8) is 0 Å². The number of anilines is 2. The van der Waals surface area contributed by atoms with E-state index in [0.29, 0.717) is 6.54 Å². The molecule has 0 aliphatic heterocycles. The third kappa shape index (κ3) is 2.27. The van der Waals surface area contributed by atoms with Gasteiger partial charge in [0, 0.05) is 32.7 Å². The fourth-order valence-corrected chi connectivity index (χ4v) is 2.10. The maximum atomic E-state index is 4.59. The Balaban J connectivity index is 1.98. The van der Waals surface area contributed by atoms with Crippen molar-refractivity contribution >= 4 is 17.3 Å². The van der Waals surface area contributed by atoms with Crippen LogP contribution >= 0.6 is 0 Å². The Morgan fingerprint density at radius 2 is 2.15 bits per heavy atom. The Bertz CT molecular complexity index is 706. The molecule has 0 aliphatic rings. The lowest BCUT2D eigenvalue weighted by Crippen LogP contribution is -2.20. The number of aromatic nitrogens is 4. The van der Waals surface area contributed by atoms with E-state index >= 15 is 0 Å². The lowest BCUT2D eigenvalue weighted by Gasteiger charge is -2.19. The molecule has 0 radical (unpaired) electrons. The Morgan fingerprint density at radius 3 is 2.90 bits per heavy atom. The van der Waals surface area contributed by atoms with Gasteiger partial charge in [-0.2, -0.15) is 0 Å². The first-order chi connectivity index (χ1) is 9.78. The van der Waals surface area contributed by atoms with Gasteiger partial charge in [-0.05, 0) is 12.1 Å². The minimum absolute atomic E-state index is 0.684. The van der Waals surface area contributed by atoms with E-state index in [4.69, 9.17) is 0 Å². The van der Waals surface area contributed by atoms with Crippen LogP contribution in [0.15, 0.2) is 43.0 Å². The molecule has 3 aromatic rings. The fourth-order valence-electron chi connectivity index (χ4n) is 2.10. The average molecular weight is 268 g/mol. The molecule has 3 rings (SSSR count). The molecule has 0 saturated heterocycles. The van der Waals surface area contributed by atoms with Gasteiger partial charge in [0.15, 0.2) is 11.5 Å². The first-order valence-electron chi connectivity index (χ1n) is 6.40. The van der Waals surface area contributed by atoms with Crippen LogP contribution in [0.25, 0.3) is 5.65 Å². The molecular weight excluding hydrogens is 252 g/mol. The van der Waals surface area contributed by atoms with Gasteiger partial charge < -0.3 is 14.6 Å². The zero-order valence-electron chi connectivity index (χ0n) is 11.5. The zero-order valence-corrected chi connectivity index (χ0v) is 11.5. The van der Waals surface area contributed by atoms with Gasteiger partial charge in [0.05, 0.1) is 18.4 Å². The molecule has 0 fully saturated rings. The minimum Gasteiger partial charge on any atom is -0.372 e. The van der Waals surface area contributed by atoms with E-state index in [2.05, 4.69) is 20.3 Å². The molecule has 1 N–H and O–H groups in total. The Morgan fingerprint density at radius 1 is 1.25 bits per heavy atom. The van der Waals surface area contributed by atoms with Crippen LogP contribution in [0.4, 0.5) is 11.6 Å². The molecule has 3 aromatic heterocycles. The molecular formula is C14H16N6. The van der Waals surface area contributed by atoms with Gasteiger partial charge >= 0.3 is 0 Å². The van der Waals surface area contributed by atoms with Crippen LogP contribution in [0.2, 0.25) is 0 Å². The van der Waals surface area contributed by atoms with Crippen LogP contribution in [0, 0.1) is 0 Å². The van der Waals surface area contributed by atoms with E-state index in [0.717, 1.165) is 23.0 Å². The van der Waals surface area contributed by atoms with Crippen LogP contribution in [0.1, 0.15) is 5.69 Å². The standard InChI is InChI=1S/C14H16N6/c1-15-12-10-20-8-7-17-13(20)14(18-12)19(2)9-11-5-3-4-6-16-11/h3-8,10,15H,9H2,1-2H3. The first kappa shape index (κ1) is 12.4. The lowest BCUT2D eigenvalue weighted by molar-refractivity contribution is 0.863. The van der Waals surface area contributed by atoms with Crippen LogP contribution < -0.4 is 10.2 Å². The summed E-state index contributed by atoms with van der Waals surface area (Å²) in [6.45, 7) is 0.684. The number of hydrogen-bond acceptors (Lipinski definition) is 5. The summed E-state index contributed by atoms with van der Waals surface area (Å²) in [4.78, 5) is 15.3. The largest absolute Gasteiger partial charge is 0.372 e. The number of pyridine rings is 1. The van der Waals surface area contributed by atoms with Crippen molar-refractivity contribution in [1.82, 2.24) is 19.4 Å². The molecule has 6 heteroatoms. The first-order valence-corrected chi connectivity index (χ1v) is 6.40. The van der Waals surface area contributed by atoms with E-state index in [1.807, 2.05) is 54.0 Å². The number of nitrogens with zero attached hydrogens (tertiary/aromatic N) is 5. The molecule has 20 heavy (non-hydrogen) atoms. The molecule has 0 aliphatic carbocycles. The Hall–Kier alpha value is -2.63. The summed E-state index contributed by atoms with van der Waals surface area (Å²) < 4.78 is 1.96. The third-order valence-corrected chi connectivity index (χ3v) is 3.10. The van der Waals surface area contributed by atoms with Gasteiger partial charge in [0.1, 0.15) is 5.82 Å². The van der Waals surface area contributed by atoms with Gasteiger partial charge in [0.25, 0.3) is 0 Å². The predicted molar refractivity (Wildman–Crippen MR) is 78.9 cm³/mol. The maximum Gasteiger partial charge on any atom is 0.180 e. The number of rotatable bonds is 4. The average Bonchev–Trinajstić information content (AvgIpc) is 2.95. The Kier molecular flexibility index (Phi) is 3.20. The summed E-state index contributed by atoms with van der Waals surface area (Å²) in [5, 5.41) is 3.07. The van der Waals surface area contributed by atoms with Crippen molar-refractivity contribution < 1.29 is 0 Å². The van der Waals surface area contributed by atoms with Crippen molar-refractivity contribution in [2.75, 3.05) is 24.3 Å². The number of imidazole rings is 1. The smallest absolute Gasteiger partial charge is 0.180 e. The van der Waals surface area contributed by atoms with Crippen LogP contribution in [-0.2, 0) is 6.54 Å². The summed E-state index contributed by atoms with van der Waals surface area (Å²) in [5.74, 6) is 1.63. The molecule has 102 valence electrons. The summed E-state index contributed by atoms with van der Waals surface area (Å²) in [5.41, 5.74) is 1.83. The quantitative estimate of drug-likeness (QED) is 0.782. The topological polar surface area (TPSA) is 58.4 Å². The van der Waals surface area contributed by atoms with Crippen molar-refractivity contribution in [3.05, 3.63) is 48.7 Å². The molecule has 0 spiro atoms. The summed E-state index contributed by atoms with van der Waals surface area (Å²) in [6.07, 6.45) is 7.40. The molecule has 3 heterocycles. The van der Waals surface area contributed by atoms with Crippen molar-refractivity contribution in [2.24, 2.45) is 0 Å². The second kappa shape index (κ2) is 5.16. The van der Waals surface area contributed by atoms with E-state index < -0.39 is 0 Å². The van der Waals surface area contributed by atoms with Crippen LogP contribution in [-0.4, -0.2) is 33.4 Å². The van der Waals surface area contributed by atoms with Gasteiger partial charge in [-0.15, -0.1) is 0 Å². The van der Waals surface area contributed by atoms with Crippen LogP contribution in [0.5, 0.6) is 0 Å². The van der Waals surface area contributed by atoms with E-state index in [1.165, 1.54) is 0 Å². The molecule has 0 bridgehead atoms. The van der Waals surface area contributed by atoms with Crippen LogP contribution in [0.3, 0.4) is 0 Å². The monoisotopic (exact) mass is 268 g/mol. The maximum absolute atomic E-state index is 4.59. The van der Waals surface area contributed by atoms with Crippen molar-refractivity contribution in [1.29, 1.82) is 0 Å². The molecule has 0 amide bonds. The highest BCUT2D eigenvalue weighted by Gasteiger charge is 2.12. The van der Waals surface area contributed by atoms with E-state index in [1.54, 1.807) is 12.4 Å². The summed E-state index contributed by atoms with van der Waals surface area (Å²) >= 11 is 0. The zero-order chi connectivity index (χ0) is 13.9. The second-order valence-corrected chi connectivity index (χ2v) is 4.54. The molecule has 0 atom stereocenters. The van der Waals surface area contributed by atoms with Crippen molar-refractivity contribution in [3.8, 4) is 0 Å². The van der Waals surface area contributed by atoms with Gasteiger partial charge in [-0.25, -0.2) is 9.97 Å². The second-order valence-electron chi connectivity index (χ2n) is 4.54. The van der Waals surface area contributed by atoms with E-state index in [9.17, 15) is 0 Å². The predicted octanol–water partition coefficient (Wildman–Crippen LogP) is 1.80. The highest BCUT2D eigenvalue weighted by Crippen LogP contribution is 2.20. The third-order valence-electron chi connectivity index (χ3n) is 3.10. The summed E-state index contributed by atoms with van der Waals surface area (Å²) in [6, 6.07) is 5.90. The van der Waals surface area contributed by atoms with Gasteiger partial charge in [-0.3, -0.25) is 4.98 Å². The number of nitrogens with one attached hydrogen (secondary N) is 1. The molecule has 0 aromatic carbocycles. The minimum atomic E-state index is 0.684. The fraction of sp³-hybridized carbons (Fsp3) is 0.214. The highest BCUT2D eigenvalue weighted by molar-refractivity contribution is 5.66. The molecule has 6 nitrogen and oxygen atoms in total. The Labute approximate surface area is 117 Å². The number of fused-ring (bicyclic) bond motifs is 1. The lowest BCUT2D eigenvalue weighted by atomic mass is 10.3. The van der Waals surface area contributed by atoms with Gasteiger partial charge in [0.2, 0.25) is 0 Å². The summed E-state index contributed by atoms with van der Waals surface area (Å²) in [7, 11) is 3.85. The number of hydrogen-bond donors (Lipinski definition) is 1. The SMILES string of the molecule is CNc1cn2ccnc2c(N(C)Cc2ccccn2)n1. The van der Waals surface area contributed by atoms with Gasteiger partial charge in [-0.1, -0.05) is 6.07 Å².